The molecule has 1 aliphatic carbocycles. The van der Waals surface area contributed by atoms with Gasteiger partial charge in [0.15, 0.2) is 5.78 Å². The number of alkyl halides is 6. The van der Waals surface area contributed by atoms with Crippen LogP contribution in [-0.2, 0) is 29.6 Å². The number of amides is 1. The Bertz CT molecular complexity index is 2030. The summed E-state index contributed by atoms with van der Waals surface area (Å²) in [5, 5.41) is 13.4. The molecule has 282 valence electrons. The minimum absolute atomic E-state index is 0.00655. The van der Waals surface area contributed by atoms with Crippen LogP contribution >= 0.6 is 0 Å². The van der Waals surface area contributed by atoms with E-state index in [1.807, 2.05) is 0 Å². The molecule has 0 bridgehead atoms. The molecular formula is C35H31F9N6O3. The number of aliphatic hydroxyl groups excluding tert-OH is 1. The highest BCUT2D eigenvalue weighted by molar-refractivity contribution is 5.94. The summed E-state index contributed by atoms with van der Waals surface area (Å²) in [5.74, 6) is -14.2. The van der Waals surface area contributed by atoms with Gasteiger partial charge in [-0.2, -0.15) is 13.9 Å². The molecule has 2 aromatic carbocycles. The molecule has 1 aliphatic heterocycles. The van der Waals surface area contributed by atoms with Gasteiger partial charge in [-0.3, -0.25) is 14.3 Å². The highest BCUT2D eigenvalue weighted by atomic mass is 19.3. The number of anilines is 1. The number of rotatable bonds is 11. The molecule has 3 N–H and O–H groups in total. The van der Waals surface area contributed by atoms with Gasteiger partial charge in [0.05, 0.1) is 22.9 Å². The second kappa shape index (κ2) is 14.4. The number of fused-ring (bicyclic) bond motifs is 1. The zero-order valence-electron chi connectivity index (χ0n) is 27.6. The zero-order chi connectivity index (χ0) is 38.4. The van der Waals surface area contributed by atoms with Crippen LogP contribution in [0.4, 0.5) is 45.5 Å². The molecule has 18 heteroatoms. The first-order chi connectivity index (χ1) is 24.9. The number of piperidine rings is 1. The van der Waals surface area contributed by atoms with E-state index < -0.39 is 108 Å². The number of halogens is 9. The van der Waals surface area contributed by atoms with Crippen molar-refractivity contribution in [1.29, 1.82) is 0 Å². The predicted octanol–water partition coefficient (Wildman–Crippen LogP) is 6.72. The summed E-state index contributed by atoms with van der Waals surface area (Å²) in [7, 11) is 0. The second-order valence-electron chi connectivity index (χ2n) is 13.1. The van der Waals surface area contributed by atoms with Crippen LogP contribution in [0.25, 0.3) is 11.1 Å². The highest BCUT2D eigenvalue weighted by Crippen LogP contribution is 2.52. The fourth-order valence-electron chi connectivity index (χ4n) is 6.84. The summed E-state index contributed by atoms with van der Waals surface area (Å²) >= 11 is 0. The van der Waals surface area contributed by atoms with Gasteiger partial charge in [-0.15, -0.1) is 0 Å². The maximum absolute atomic E-state index is 15.1. The van der Waals surface area contributed by atoms with Crippen molar-refractivity contribution in [2.75, 3.05) is 18.0 Å². The van der Waals surface area contributed by atoms with E-state index in [0.717, 1.165) is 24.3 Å². The van der Waals surface area contributed by atoms with E-state index in [4.69, 9.17) is 5.73 Å². The number of ketones is 1. The standard InChI is InChI=1S/C35H31F9N6O3/c36-20-10-17(11-21(37)14-20)9-19(12-23(52)16-50-30-27(29(48-50)31(39)40)34(41,42)5-6-35(30,43)44)28-25(18-1-2-26(38)24(13-18)32(45)53)15-46-33(47-28)49-7-3-22(51)4-8-49/h1-2,10-11,13-15,19,22,31,51H,3-9,12,16H2,(H2,45,53)/t19-/m1/s1. The zero-order valence-corrected chi connectivity index (χ0v) is 27.6. The number of carbonyl (C=O) groups is 2. The minimum atomic E-state index is -4.08. The molecule has 1 amide bonds. The molecule has 9 nitrogen and oxygen atoms in total. The Hall–Kier alpha value is -5.00. The lowest BCUT2D eigenvalue weighted by atomic mass is 9.86. The van der Waals surface area contributed by atoms with Crippen molar-refractivity contribution in [3.05, 3.63) is 93.8 Å². The Balaban J connectivity index is 1.47. The normalized spacial score (nSPS) is 17.5. The summed E-state index contributed by atoms with van der Waals surface area (Å²) in [5.41, 5.74) is 0.355. The molecule has 0 unspecified atom stereocenters. The number of hydrogen-bond donors (Lipinski definition) is 2. The van der Waals surface area contributed by atoms with Crippen molar-refractivity contribution in [2.24, 2.45) is 5.73 Å². The Morgan fingerprint density at radius 2 is 1.60 bits per heavy atom. The lowest BCUT2D eigenvalue weighted by Crippen LogP contribution is -2.37. The van der Waals surface area contributed by atoms with Crippen molar-refractivity contribution < 1.29 is 54.2 Å². The average Bonchev–Trinajstić information content (AvgIpc) is 3.48. The summed E-state index contributed by atoms with van der Waals surface area (Å²) in [6.45, 7) is -0.554. The molecule has 1 saturated heterocycles. The van der Waals surface area contributed by atoms with E-state index in [1.54, 1.807) is 4.90 Å². The van der Waals surface area contributed by atoms with Gasteiger partial charge in [0.1, 0.15) is 35.4 Å². The van der Waals surface area contributed by atoms with Crippen LogP contribution in [0.2, 0.25) is 0 Å². The Kier molecular flexibility index (Phi) is 10.3. The highest BCUT2D eigenvalue weighted by Gasteiger charge is 2.55. The summed E-state index contributed by atoms with van der Waals surface area (Å²) < 4.78 is 131. The van der Waals surface area contributed by atoms with Crippen LogP contribution in [0, 0.1) is 17.5 Å². The van der Waals surface area contributed by atoms with Gasteiger partial charge in [0.2, 0.25) is 5.95 Å². The Morgan fingerprint density at radius 3 is 2.25 bits per heavy atom. The first kappa shape index (κ1) is 37.7. The Morgan fingerprint density at radius 1 is 0.943 bits per heavy atom. The van der Waals surface area contributed by atoms with E-state index in [9.17, 15) is 45.4 Å². The molecule has 2 aromatic heterocycles. The quantitative estimate of drug-likeness (QED) is 0.163. The molecule has 0 spiro atoms. The SMILES string of the molecule is NC(=O)c1cc(-c2cnc(N3CCC(O)CC3)nc2[C@@H](CC(=O)Cn2nc(C(F)F)c3c2C(F)(F)CCC3(F)F)Cc2cc(F)cc(F)c2)ccc1F. The topological polar surface area (TPSA) is 127 Å². The van der Waals surface area contributed by atoms with Gasteiger partial charge >= 0.3 is 0 Å². The largest absolute Gasteiger partial charge is 0.393 e. The summed E-state index contributed by atoms with van der Waals surface area (Å²) in [4.78, 5) is 36.6. The number of Topliss-reactive ketones (excluding diaryl/α,β-unsaturated/α-hetero) is 1. The van der Waals surface area contributed by atoms with Gasteiger partial charge in [0.25, 0.3) is 24.2 Å². The van der Waals surface area contributed by atoms with E-state index in [2.05, 4.69) is 15.1 Å². The fraction of sp³-hybridized carbons (Fsp3) is 0.400. The number of hydrogen-bond acceptors (Lipinski definition) is 7. The smallest absolute Gasteiger partial charge is 0.290 e. The van der Waals surface area contributed by atoms with Crippen molar-refractivity contribution in [2.45, 2.75) is 75.4 Å². The van der Waals surface area contributed by atoms with Gasteiger partial charge in [-0.1, -0.05) is 6.07 Å². The van der Waals surface area contributed by atoms with Crippen LogP contribution < -0.4 is 10.6 Å². The number of benzene rings is 2. The molecule has 1 atom stereocenters. The number of aliphatic hydroxyl groups is 1. The molecule has 3 heterocycles. The average molecular weight is 755 g/mol. The van der Waals surface area contributed by atoms with E-state index >= 15 is 8.78 Å². The van der Waals surface area contributed by atoms with Gasteiger partial charge in [-0.25, -0.2) is 40.7 Å². The molecule has 53 heavy (non-hydrogen) atoms. The number of carbonyl (C=O) groups excluding carboxylic acids is 2. The van der Waals surface area contributed by atoms with Crippen molar-refractivity contribution >= 4 is 17.6 Å². The number of nitrogens with two attached hydrogens (primary N) is 1. The first-order valence-corrected chi connectivity index (χ1v) is 16.4. The molecule has 0 saturated carbocycles. The molecule has 1 fully saturated rings. The van der Waals surface area contributed by atoms with Crippen LogP contribution in [-0.4, -0.2) is 55.7 Å². The van der Waals surface area contributed by atoms with E-state index in [-0.39, 0.29) is 39.4 Å². The van der Waals surface area contributed by atoms with Crippen LogP contribution in [0.5, 0.6) is 0 Å². The predicted molar refractivity (Wildman–Crippen MR) is 170 cm³/mol. The third-order valence-corrected chi connectivity index (χ3v) is 9.34. The minimum Gasteiger partial charge on any atom is -0.393 e. The van der Waals surface area contributed by atoms with Crippen LogP contribution in [0.3, 0.4) is 0 Å². The first-order valence-electron chi connectivity index (χ1n) is 16.4. The molecular weight excluding hydrogens is 723 g/mol. The maximum Gasteiger partial charge on any atom is 0.290 e. The molecule has 2 aliphatic rings. The molecule has 4 aromatic rings. The number of nitrogens with zero attached hydrogens (tertiary/aromatic N) is 5. The number of aromatic nitrogens is 4. The third-order valence-electron chi connectivity index (χ3n) is 9.34. The van der Waals surface area contributed by atoms with Gasteiger partial charge < -0.3 is 15.7 Å². The van der Waals surface area contributed by atoms with Crippen LogP contribution in [0.1, 0.15) is 83.0 Å². The third kappa shape index (κ3) is 7.87. The van der Waals surface area contributed by atoms with Crippen LogP contribution in [0.15, 0.2) is 42.6 Å². The van der Waals surface area contributed by atoms with Gasteiger partial charge in [0, 0.05) is 56.1 Å². The number of primary amides is 1. The van der Waals surface area contributed by atoms with Crippen molar-refractivity contribution in [1.82, 2.24) is 19.7 Å². The monoisotopic (exact) mass is 754 g/mol. The lowest BCUT2D eigenvalue weighted by molar-refractivity contribution is -0.121. The van der Waals surface area contributed by atoms with Crippen molar-refractivity contribution in [3.63, 3.8) is 0 Å². The lowest BCUT2D eigenvalue weighted by Gasteiger charge is -2.31. The maximum atomic E-state index is 15.1. The molecule has 0 radical (unpaired) electrons. The molecule has 6 rings (SSSR count). The second-order valence-corrected chi connectivity index (χ2v) is 13.1. The van der Waals surface area contributed by atoms with Crippen molar-refractivity contribution in [3.8, 4) is 11.1 Å². The summed E-state index contributed by atoms with van der Waals surface area (Å²) in [6, 6.07) is 5.84. The van der Waals surface area contributed by atoms with E-state index in [0.29, 0.717) is 32.0 Å². The fourth-order valence-corrected chi connectivity index (χ4v) is 6.84. The summed E-state index contributed by atoms with van der Waals surface area (Å²) in [6.07, 6.45) is -6.11. The van der Waals surface area contributed by atoms with E-state index in [1.165, 1.54) is 12.3 Å². The van der Waals surface area contributed by atoms with Gasteiger partial charge in [-0.05, 0) is 54.7 Å². The Labute approximate surface area is 295 Å².